The Labute approximate surface area is 273 Å². The first-order chi connectivity index (χ1) is 22.0. The van der Waals surface area contributed by atoms with Crippen LogP contribution in [0.2, 0.25) is 5.02 Å². The number of carbonyl (C=O) groups excluding carboxylic acids is 1. The lowest BCUT2D eigenvalue weighted by molar-refractivity contribution is 0.100. The van der Waals surface area contributed by atoms with Crippen molar-refractivity contribution in [2.45, 2.75) is 103 Å². The zero-order valence-electron chi connectivity index (χ0n) is 26.7. The highest BCUT2D eigenvalue weighted by Gasteiger charge is 2.18. The highest BCUT2D eigenvalue weighted by atomic mass is 35.5. The van der Waals surface area contributed by atoms with Crippen molar-refractivity contribution in [2.75, 3.05) is 0 Å². The van der Waals surface area contributed by atoms with Gasteiger partial charge in [0.25, 0.3) is 0 Å². The normalized spacial score (nSPS) is 12.7. The number of primary amides is 1. The van der Waals surface area contributed by atoms with E-state index >= 15 is 0 Å². The summed E-state index contributed by atoms with van der Waals surface area (Å²) in [6, 6.07) is 16.4. The number of carbonyl (C=O) groups is 1. The molecule has 236 valence electrons. The number of aromatic nitrogens is 2. The first-order valence-electron chi connectivity index (χ1n) is 16.7. The van der Waals surface area contributed by atoms with E-state index in [2.05, 4.69) is 60.5 Å². The summed E-state index contributed by atoms with van der Waals surface area (Å²) >= 11 is 6.54. The van der Waals surface area contributed by atoms with Crippen molar-refractivity contribution in [3.63, 3.8) is 0 Å². The van der Waals surface area contributed by atoms with E-state index in [1.807, 2.05) is 12.3 Å². The maximum absolute atomic E-state index is 11.8. The molecule has 1 atom stereocenters. The van der Waals surface area contributed by atoms with Crippen LogP contribution in [0.4, 0.5) is 0 Å². The van der Waals surface area contributed by atoms with Crippen LogP contribution in [0.1, 0.15) is 124 Å². The Bertz CT molecular complexity index is 1640. The van der Waals surface area contributed by atoms with Gasteiger partial charge in [-0.25, -0.2) is 0 Å². The van der Waals surface area contributed by atoms with Crippen molar-refractivity contribution < 1.29 is 4.79 Å². The maximum Gasteiger partial charge on any atom is 0.250 e. The molecule has 2 heterocycles. The molecule has 0 spiro atoms. The predicted octanol–water partition coefficient (Wildman–Crippen LogP) is 11.2. The van der Waals surface area contributed by atoms with Crippen LogP contribution >= 0.6 is 11.6 Å². The topological polar surface area (TPSA) is 95.6 Å². The third kappa shape index (κ3) is 9.55. The molecule has 0 radical (unpaired) electrons. The zero-order valence-corrected chi connectivity index (χ0v) is 27.4. The molecule has 0 bridgehead atoms. The van der Waals surface area contributed by atoms with E-state index in [1.165, 1.54) is 61.4 Å². The molecule has 3 N–H and O–H groups in total. The van der Waals surface area contributed by atoms with Gasteiger partial charge in [-0.1, -0.05) is 99.5 Å². The lowest BCUT2D eigenvalue weighted by Crippen LogP contribution is -2.11. The quantitative estimate of drug-likeness (QED) is 0.0618. The van der Waals surface area contributed by atoms with Crippen LogP contribution in [-0.4, -0.2) is 15.9 Å². The minimum atomic E-state index is -0.587. The molecule has 0 saturated heterocycles. The van der Waals surface area contributed by atoms with Crippen molar-refractivity contribution in [3.05, 3.63) is 94.9 Å². The van der Waals surface area contributed by atoms with Gasteiger partial charge in [-0.05, 0) is 75.0 Å². The van der Waals surface area contributed by atoms with Crippen LogP contribution in [-0.2, 0) is 0 Å². The summed E-state index contributed by atoms with van der Waals surface area (Å²) in [6.07, 6.45) is 26.9. The third-order valence-electron chi connectivity index (χ3n) is 8.72. The second kappa shape index (κ2) is 18.2. The molecular formula is C39H47ClN4O. The number of aromatic amines is 1. The van der Waals surface area contributed by atoms with E-state index in [4.69, 9.17) is 22.3 Å². The highest BCUT2D eigenvalue weighted by molar-refractivity contribution is 6.39. The fourth-order valence-corrected chi connectivity index (χ4v) is 6.59. The standard InChI is InChI=1S/C39H47ClN4O/c1-2-3-4-5-6-7-8-9-10-11-13-19-30(38-32-22-17-16-18-29(32)25-26-43-38)20-14-12-15-21-31(27-41)34-28-44-35-24-23-33(39(42)45)37(40)36(34)35/h9-10,16-18,21-26,28,30,44H,2-8,11-15,19-20H2,1H3,(H2,42,45)/b10-9-,31-21+. The number of allylic oxidation sites excluding steroid dienone is 4. The first kappa shape index (κ1) is 34.0. The van der Waals surface area contributed by atoms with Crippen molar-refractivity contribution in [2.24, 2.45) is 5.73 Å². The molecule has 0 saturated carbocycles. The number of benzene rings is 2. The summed E-state index contributed by atoms with van der Waals surface area (Å²) in [5, 5.41) is 13.4. The van der Waals surface area contributed by atoms with Crippen LogP contribution < -0.4 is 5.73 Å². The Hall–Kier alpha value is -3.88. The molecule has 2 aromatic heterocycles. The van der Waals surface area contributed by atoms with Crippen LogP contribution in [0, 0.1) is 11.3 Å². The molecule has 0 fully saturated rings. The number of nitriles is 1. The van der Waals surface area contributed by atoms with Crippen molar-refractivity contribution in [1.29, 1.82) is 5.26 Å². The molecule has 45 heavy (non-hydrogen) atoms. The summed E-state index contributed by atoms with van der Waals surface area (Å²) in [5.74, 6) is -0.196. The molecule has 0 aliphatic carbocycles. The number of hydrogen-bond acceptors (Lipinski definition) is 3. The molecule has 2 aromatic carbocycles. The lowest BCUT2D eigenvalue weighted by atomic mass is 9.89. The Morgan fingerprint density at radius 3 is 2.47 bits per heavy atom. The molecule has 1 amide bonds. The SMILES string of the molecule is CCCCCCCC/C=C\CCCC(CCCC/C=C(\C#N)c1c[nH]c2ccc(C(N)=O)c(Cl)c12)c1nccc2ccccc12. The monoisotopic (exact) mass is 622 g/mol. The summed E-state index contributed by atoms with van der Waals surface area (Å²) in [6.45, 7) is 2.27. The van der Waals surface area contributed by atoms with Crippen molar-refractivity contribution in [3.8, 4) is 6.07 Å². The van der Waals surface area contributed by atoms with Crippen LogP contribution in [0.25, 0.3) is 27.2 Å². The zero-order chi connectivity index (χ0) is 31.9. The number of hydrogen-bond donors (Lipinski definition) is 2. The number of pyridine rings is 1. The van der Waals surface area contributed by atoms with Gasteiger partial charge in [-0.15, -0.1) is 0 Å². The van der Waals surface area contributed by atoms with E-state index in [-0.39, 0.29) is 10.6 Å². The third-order valence-corrected chi connectivity index (χ3v) is 9.11. The molecule has 0 aliphatic heterocycles. The van der Waals surface area contributed by atoms with E-state index < -0.39 is 5.91 Å². The molecule has 6 heteroatoms. The fraction of sp³-hybridized carbons (Fsp3) is 0.410. The lowest BCUT2D eigenvalue weighted by Gasteiger charge is -2.18. The molecule has 0 aliphatic rings. The average Bonchev–Trinajstić information content (AvgIpc) is 3.49. The summed E-state index contributed by atoms with van der Waals surface area (Å²) in [5.41, 5.74) is 8.97. The van der Waals surface area contributed by atoms with Gasteiger partial charge >= 0.3 is 0 Å². The van der Waals surface area contributed by atoms with Gasteiger partial charge in [0, 0.05) is 40.2 Å². The van der Waals surface area contributed by atoms with Crippen molar-refractivity contribution >= 4 is 44.8 Å². The van der Waals surface area contributed by atoms with Crippen LogP contribution in [0.3, 0.4) is 0 Å². The molecular weight excluding hydrogens is 576 g/mol. The summed E-state index contributed by atoms with van der Waals surface area (Å²) in [4.78, 5) is 19.9. The average molecular weight is 623 g/mol. The van der Waals surface area contributed by atoms with Crippen molar-refractivity contribution in [1.82, 2.24) is 9.97 Å². The Balaban J connectivity index is 1.35. The number of nitrogens with one attached hydrogen (secondary N) is 1. The molecule has 1 unspecified atom stereocenters. The summed E-state index contributed by atoms with van der Waals surface area (Å²) < 4.78 is 0. The van der Waals surface area contributed by atoms with Gasteiger partial charge < -0.3 is 10.7 Å². The minimum absolute atomic E-state index is 0.253. The van der Waals surface area contributed by atoms with E-state index in [1.54, 1.807) is 18.3 Å². The largest absolute Gasteiger partial charge is 0.366 e. The number of unbranched alkanes of at least 4 members (excludes halogenated alkanes) is 9. The summed E-state index contributed by atoms with van der Waals surface area (Å²) in [7, 11) is 0. The van der Waals surface area contributed by atoms with Gasteiger partial charge in [0.1, 0.15) is 0 Å². The minimum Gasteiger partial charge on any atom is -0.366 e. The van der Waals surface area contributed by atoms with E-state index in [0.29, 0.717) is 22.4 Å². The Morgan fingerprint density at radius 2 is 1.67 bits per heavy atom. The fourth-order valence-electron chi connectivity index (χ4n) is 6.23. The van der Waals surface area contributed by atoms with Gasteiger partial charge in [0.05, 0.1) is 27.9 Å². The van der Waals surface area contributed by atoms with Gasteiger partial charge in [0.15, 0.2) is 0 Å². The maximum atomic E-state index is 11.8. The van der Waals surface area contributed by atoms with E-state index in [9.17, 15) is 10.1 Å². The number of rotatable bonds is 19. The second-order valence-corrected chi connectivity index (χ2v) is 12.4. The smallest absolute Gasteiger partial charge is 0.250 e. The molecule has 4 rings (SSSR count). The molecule has 5 nitrogen and oxygen atoms in total. The second-order valence-electron chi connectivity index (χ2n) is 12.0. The number of amides is 1. The number of nitrogens with zero attached hydrogens (tertiary/aromatic N) is 2. The van der Waals surface area contributed by atoms with Gasteiger partial charge in [0.2, 0.25) is 5.91 Å². The number of halogens is 1. The number of fused-ring (bicyclic) bond motifs is 2. The van der Waals surface area contributed by atoms with Gasteiger partial charge in [-0.3, -0.25) is 9.78 Å². The van der Waals surface area contributed by atoms with Crippen LogP contribution in [0.5, 0.6) is 0 Å². The Morgan fingerprint density at radius 1 is 0.933 bits per heavy atom. The first-order valence-corrected chi connectivity index (χ1v) is 17.1. The number of H-pyrrole nitrogens is 1. The number of nitrogens with two attached hydrogens (primary N) is 1. The predicted molar refractivity (Wildman–Crippen MR) is 189 cm³/mol. The van der Waals surface area contributed by atoms with Crippen LogP contribution in [0.15, 0.2) is 73.1 Å². The van der Waals surface area contributed by atoms with E-state index in [0.717, 1.165) is 50.5 Å². The molecule has 4 aromatic rings. The Kier molecular flexibility index (Phi) is 13.7. The highest BCUT2D eigenvalue weighted by Crippen LogP contribution is 2.35. The van der Waals surface area contributed by atoms with Gasteiger partial charge in [-0.2, -0.15) is 5.26 Å².